The van der Waals surface area contributed by atoms with Crippen LogP contribution in [0.4, 0.5) is 0 Å². The normalized spacial score (nSPS) is 21.3. The van der Waals surface area contributed by atoms with Gasteiger partial charge in [0.25, 0.3) is 5.91 Å². The third kappa shape index (κ3) is 2.86. The third-order valence-corrected chi connectivity index (χ3v) is 5.15. The number of carbonyl (C=O) groups excluding carboxylic acids is 2. The van der Waals surface area contributed by atoms with Gasteiger partial charge in [-0.2, -0.15) is 0 Å². The molecule has 1 aliphatic rings. The number of sulfone groups is 1. The molecule has 1 unspecified atom stereocenters. The minimum Gasteiger partial charge on any atom is -0.356 e. The number of carbonyl (C=O) groups is 2. The van der Waals surface area contributed by atoms with Crippen LogP contribution in [0.2, 0.25) is 0 Å². The van der Waals surface area contributed by atoms with E-state index in [1.54, 1.807) is 7.05 Å². The second-order valence-electron chi connectivity index (χ2n) is 4.83. The van der Waals surface area contributed by atoms with Gasteiger partial charge in [-0.1, -0.05) is 0 Å². The highest BCUT2D eigenvalue weighted by atomic mass is 32.2. The maximum absolute atomic E-state index is 12.2. The van der Waals surface area contributed by atoms with Crippen molar-refractivity contribution >= 4 is 21.5 Å². The van der Waals surface area contributed by atoms with Crippen molar-refractivity contribution in [2.75, 3.05) is 18.6 Å². The predicted octanol–water partition coefficient (Wildman–Crippen LogP) is 0.476. The van der Waals surface area contributed by atoms with E-state index in [-0.39, 0.29) is 29.2 Å². The molecule has 1 aromatic rings. The van der Waals surface area contributed by atoms with Crippen LogP contribution in [-0.4, -0.2) is 54.6 Å². The number of H-pyrrole nitrogens is 1. The molecule has 0 aromatic carbocycles. The van der Waals surface area contributed by atoms with Crippen molar-refractivity contribution in [1.29, 1.82) is 0 Å². The molecule has 0 bridgehead atoms. The molecule has 0 radical (unpaired) electrons. The summed E-state index contributed by atoms with van der Waals surface area (Å²) in [5.41, 5.74) is 0.743. The fourth-order valence-corrected chi connectivity index (χ4v) is 3.93. The Morgan fingerprint density at radius 3 is 2.58 bits per heavy atom. The smallest absolute Gasteiger partial charge is 0.270 e. The van der Waals surface area contributed by atoms with Gasteiger partial charge in [-0.25, -0.2) is 8.42 Å². The van der Waals surface area contributed by atoms with Gasteiger partial charge >= 0.3 is 0 Å². The van der Waals surface area contributed by atoms with Crippen LogP contribution >= 0.6 is 0 Å². The lowest BCUT2D eigenvalue weighted by atomic mass is 10.2. The fraction of sp³-hybridized carbons (Fsp3) is 0.500. The zero-order valence-electron chi connectivity index (χ0n) is 10.8. The maximum Gasteiger partial charge on any atom is 0.270 e. The van der Waals surface area contributed by atoms with E-state index in [0.29, 0.717) is 17.7 Å². The van der Waals surface area contributed by atoms with Crippen molar-refractivity contribution in [2.24, 2.45) is 0 Å². The monoisotopic (exact) mass is 284 g/mol. The minimum atomic E-state index is -3.02. The maximum atomic E-state index is 12.2. The highest BCUT2D eigenvalue weighted by Crippen LogP contribution is 2.18. The van der Waals surface area contributed by atoms with Gasteiger partial charge in [0.05, 0.1) is 11.5 Å². The summed E-state index contributed by atoms with van der Waals surface area (Å²) in [5.74, 6) is -0.287. The molecule has 2 heterocycles. The fourth-order valence-electron chi connectivity index (χ4n) is 2.16. The minimum absolute atomic E-state index is 0.00944. The van der Waals surface area contributed by atoms with Crippen LogP contribution in [-0.2, 0) is 9.84 Å². The summed E-state index contributed by atoms with van der Waals surface area (Å²) >= 11 is 0. The number of rotatable bonds is 3. The van der Waals surface area contributed by atoms with Gasteiger partial charge in [-0.15, -0.1) is 0 Å². The molecule has 0 saturated carbocycles. The van der Waals surface area contributed by atoms with Crippen molar-refractivity contribution in [2.45, 2.75) is 19.4 Å². The molecule has 1 saturated heterocycles. The summed E-state index contributed by atoms with van der Waals surface area (Å²) < 4.78 is 22.8. The zero-order valence-corrected chi connectivity index (χ0v) is 11.7. The van der Waals surface area contributed by atoms with Crippen molar-refractivity contribution in [3.63, 3.8) is 0 Å². The molecule has 1 amide bonds. The number of Topliss-reactive ketones (excluding diaryl/α,β-unsaturated/α-hetero) is 1. The van der Waals surface area contributed by atoms with Crippen LogP contribution in [0.3, 0.4) is 0 Å². The summed E-state index contributed by atoms with van der Waals surface area (Å²) in [4.78, 5) is 27.5. The summed E-state index contributed by atoms with van der Waals surface area (Å²) in [6.07, 6.45) is 1.94. The van der Waals surface area contributed by atoms with Crippen LogP contribution in [0.5, 0.6) is 0 Å². The Labute approximate surface area is 111 Å². The number of aromatic amines is 1. The SMILES string of the molecule is CC(=O)c1c[nH]c(C(=O)N(C)C2CCS(=O)(=O)C2)c1. The Kier molecular flexibility index (Phi) is 3.49. The van der Waals surface area contributed by atoms with Crippen LogP contribution in [0.15, 0.2) is 12.3 Å². The van der Waals surface area contributed by atoms with Gasteiger partial charge in [-0.3, -0.25) is 9.59 Å². The number of hydrogen-bond acceptors (Lipinski definition) is 4. The number of amides is 1. The highest BCUT2D eigenvalue weighted by molar-refractivity contribution is 7.91. The van der Waals surface area contributed by atoms with Gasteiger partial charge in [0, 0.05) is 24.8 Å². The molecule has 2 rings (SSSR count). The van der Waals surface area contributed by atoms with E-state index in [9.17, 15) is 18.0 Å². The van der Waals surface area contributed by atoms with Crippen LogP contribution in [0, 0.1) is 0 Å². The first-order chi connectivity index (χ1) is 8.80. The van der Waals surface area contributed by atoms with Crippen LogP contribution < -0.4 is 0 Å². The van der Waals surface area contributed by atoms with E-state index in [1.165, 1.54) is 24.1 Å². The number of nitrogens with zero attached hydrogens (tertiary/aromatic N) is 1. The lowest BCUT2D eigenvalue weighted by molar-refractivity contribution is 0.0742. The summed E-state index contributed by atoms with van der Waals surface area (Å²) in [5, 5.41) is 0. The molecular formula is C12H16N2O4S. The largest absolute Gasteiger partial charge is 0.356 e. The van der Waals surface area contributed by atoms with Crippen LogP contribution in [0.25, 0.3) is 0 Å². The zero-order chi connectivity index (χ0) is 14.2. The Balaban J connectivity index is 2.13. The second kappa shape index (κ2) is 4.80. The summed E-state index contributed by atoms with van der Waals surface area (Å²) in [6, 6.07) is 1.20. The number of hydrogen-bond donors (Lipinski definition) is 1. The molecule has 104 valence electrons. The summed E-state index contributed by atoms with van der Waals surface area (Å²) in [6.45, 7) is 1.42. The van der Waals surface area contributed by atoms with Crippen molar-refractivity contribution in [1.82, 2.24) is 9.88 Å². The Bertz CT molecular complexity index is 617. The Morgan fingerprint density at radius 2 is 2.11 bits per heavy atom. The predicted molar refractivity (Wildman–Crippen MR) is 69.9 cm³/mol. The van der Waals surface area contributed by atoms with Gasteiger partial charge in [-0.05, 0) is 19.4 Å². The first kappa shape index (κ1) is 13.8. The molecule has 1 atom stereocenters. The quantitative estimate of drug-likeness (QED) is 0.818. The first-order valence-electron chi connectivity index (χ1n) is 5.97. The van der Waals surface area contributed by atoms with E-state index in [1.807, 2.05) is 0 Å². The molecule has 6 nitrogen and oxygen atoms in total. The Hall–Kier alpha value is -1.63. The molecule has 0 aliphatic carbocycles. The van der Waals surface area contributed by atoms with Crippen molar-refractivity contribution in [3.8, 4) is 0 Å². The van der Waals surface area contributed by atoms with E-state index >= 15 is 0 Å². The molecule has 1 fully saturated rings. The second-order valence-corrected chi connectivity index (χ2v) is 7.06. The Morgan fingerprint density at radius 1 is 1.42 bits per heavy atom. The molecule has 1 aromatic heterocycles. The molecule has 7 heteroatoms. The number of aromatic nitrogens is 1. The van der Waals surface area contributed by atoms with E-state index in [0.717, 1.165) is 0 Å². The van der Waals surface area contributed by atoms with Gasteiger partial charge in [0.15, 0.2) is 15.6 Å². The number of nitrogens with one attached hydrogen (secondary N) is 1. The standard InChI is InChI=1S/C12H16N2O4S/c1-8(15)9-5-11(13-6-9)12(16)14(2)10-3-4-19(17,18)7-10/h5-6,10,13H,3-4,7H2,1-2H3. The number of ketones is 1. The lowest BCUT2D eigenvalue weighted by Gasteiger charge is -2.22. The summed E-state index contributed by atoms with van der Waals surface area (Å²) in [7, 11) is -1.44. The average Bonchev–Trinajstić information content (AvgIpc) is 2.93. The molecule has 0 spiro atoms. The lowest BCUT2D eigenvalue weighted by Crippen LogP contribution is -2.38. The van der Waals surface area contributed by atoms with E-state index in [4.69, 9.17) is 0 Å². The van der Waals surface area contributed by atoms with Crippen molar-refractivity contribution in [3.05, 3.63) is 23.5 Å². The van der Waals surface area contributed by atoms with Gasteiger partial charge in [0.2, 0.25) is 0 Å². The third-order valence-electron chi connectivity index (χ3n) is 3.40. The van der Waals surface area contributed by atoms with Crippen LogP contribution in [0.1, 0.15) is 34.2 Å². The molecule has 1 aliphatic heterocycles. The highest BCUT2D eigenvalue weighted by Gasteiger charge is 2.33. The molecular weight excluding hydrogens is 268 g/mol. The first-order valence-corrected chi connectivity index (χ1v) is 7.79. The van der Waals surface area contributed by atoms with E-state index < -0.39 is 9.84 Å². The topological polar surface area (TPSA) is 87.3 Å². The van der Waals surface area contributed by atoms with E-state index in [2.05, 4.69) is 4.98 Å². The van der Waals surface area contributed by atoms with Gasteiger partial charge in [0.1, 0.15) is 5.69 Å². The molecule has 1 N–H and O–H groups in total. The van der Waals surface area contributed by atoms with Crippen molar-refractivity contribution < 1.29 is 18.0 Å². The average molecular weight is 284 g/mol. The van der Waals surface area contributed by atoms with Gasteiger partial charge < -0.3 is 9.88 Å². The molecule has 19 heavy (non-hydrogen) atoms.